The Morgan fingerprint density at radius 2 is 0.543 bits per heavy atom. The summed E-state index contributed by atoms with van der Waals surface area (Å²) in [4.78, 5) is 22.8. The number of amidine groups is 2. The molecule has 3 aliphatic heterocycles. The van der Waals surface area contributed by atoms with E-state index in [1.807, 2.05) is 84.9 Å². The molecule has 9 rings (SSSR count). The van der Waals surface area contributed by atoms with Gasteiger partial charge in [0.2, 0.25) is 0 Å². The molecule has 8 bridgehead atoms. The summed E-state index contributed by atoms with van der Waals surface area (Å²) in [6.45, 7) is 11.1. The van der Waals surface area contributed by atoms with Crippen LogP contribution in [0.1, 0.15) is 22.5 Å². The lowest BCUT2D eigenvalue weighted by Crippen LogP contribution is -2.24. The molecule has 6 aromatic rings. The SMILES string of the molecule is COCCOCCOCCOc1ccc(C2=C3C=CC(=N3)N(c3ccc(OCCOCCOCCOC)cc3)c3ccc([nH]3)C(c3ccc(OCCOCCOCCOC)cc3)=C3C=CC(=N3)N(c3ccc(OCCOCCOCCOC)cc3)c3ccc2[nH]3)cc1. The number of hydrogen-bond acceptors (Lipinski definition) is 20. The summed E-state index contributed by atoms with van der Waals surface area (Å²) in [7, 11) is 6.60. The molecule has 22 heteroatoms. The summed E-state index contributed by atoms with van der Waals surface area (Å²) in [6, 6.07) is 40.3. The van der Waals surface area contributed by atoms with Gasteiger partial charge in [0.1, 0.15) is 72.7 Å². The van der Waals surface area contributed by atoms with Crippen LogP contribution in [0.15, 0.2) is 167 Å². The van der Waals surface area contributed by atoms with E-state index in [4.69, 9.17) is 85.8 Å². The molecule has 2 aromatic heterocycles. The van der Waals surface area contributed by atoms with Gasteiger partial charge in [-0.15, -0.1) is 0 Å². The third-order valence-electron chi connectivity index (χ3n) is 14.3. The van der Waals surface area contributed by atoms with Crippen LogP contribution in [0.5, 0.6) is 23.0 Å². The van der Waals surface area contributed by atoms with E-state index in [0.717, 1.165) is 68.1 Å². The molecular formula is C70H86N6O16. The highest BCUT2D eigenvalue weighted by molar-refractivity contribution is 6.15. The van der Waals surface area contributed by atoms with Gasteiger partial charge in [-0.25, -0.2) is 9.98 Å². The number of aliphatic imine (C=N–C) groups is 2. The Kier molecular flexibility index (Phi) is 28.9. The third-order valence-corrected chi connectivity index (χ3v) is 14.3. The molecule has 22 nitrogen and oxygen atoms in total. The van der Waals surface area contributed by atoms with E-state index in [9.17, 15) is 0 Å². The van der Waals surface area contributed by atoms with Gasteiger partial charge in [-0.3, -0.25) is 9.80 Å². The lowest BCUT2D eigenvalue weighted by molar-refractivity contribution is 0.0180. The molecule has 5 heterocycles. The summed E-state index contributed by atoms with van der Waals surface area (Å²) in [5.74, 6) is 5.66. The number of H-pyrrole nitrogens is 2. The lowest BCUT2D eigenvalue weighted by Gasteiger charge is -2.23. The molecule has 3 aliphatic rings. The molecule has 0 saturated carbocycles. The predicted molar refractivity (Wildman–Crippen MR) is 353 cm³/mol. The van der Waals surface area contributed by atoms with Crippen molar-refractivity contribution in [1.29, 1.82) is 0 Å². The van der Waals surface area contributed by atoms with Crippen molar-refractivity contribution in [3.8, 4) is 23.0 Å². The van der Waals surface area contributed by atoms with Crippen LogP contribution in [-0.4, -0.2) is 209 Å². The zero-order valence-corrected chi connectivity index (χ0v) is 53.1. The van der Waals surface area contributed by atoms with Gasteiger partial charge in [0.25, 0.3) is 0 Å². The summed E-state index contributed by atoms with van der Waals surface area (Å²) in [5, 5.41) is 0. The second-order valence-corrected chi connectivity index (χ2v) is 20.6. The first-order valence-corrected chi connectivity index (χ1v) is 31.0. The zero-order valence-electron chi connectivity index (χ0n) is 53.1. The first-order valence-electron chi connectivity index (χ1n) is 31.0. The van der Waals surface area contributed by atoms with Crippen molar-refractivity contribution in [3.63, 3.8) is 0 Å². The number of aromatic nitrogens is 2. The Balaban J connectivity index is 1.04. The molecule has 0 radical (unpaired) electrons. The molecule has 0 unspecified atom stereocenters. The standard InChI is InChI=1S/C70H86N6O16/c1-77-29-33-81-37-41-85-45-49-89-57-13-5-53(6-14-57)69-61-21-25-65(71-61)75(55-9-17-59(18-10-55)91-51-47-87-43-39-83-35-31-79-3)67-27-23-63(73-67)70(54-7-15-58(16-8-54)90-50-46-86-42-38-82-34-30-78-2)64-24-28-68(74-64)76(66-26-22-62(69)72-66)56-11-19-60(20-12-56)92-52-48-88-44-40-84-36-32-80-4/h5-28,71,74H,29-52H2,1-4H3. The van der Waals surface area contributed by atoms with Crippen LogP contribution in [0, 0.1) is 0 Å². The highest BCUT2D eigenvalue weighted by Gasteiger charge is 2.27. The fourth-order valence-corrected chi connectivity index (χ4v) is 9.77. The maximum atomic E-state index is 6.15. The number of benzene rings is 4. The largest absolute Gasteiger partial charge is 0.491 e. The van der Waals surface area contributed by atoms with Crippen molar-refractivity contribution in [1.82, 2.24) is 9.97 Å². The predicted octanol–water partition coefficient (Wildman–Crippen LogP) is 10.0. The lowest BCUT2D eigenvalue weighted by atomic mass is 10.0. The minimum absolute atomic E-state index is 0.369. The second-order valence-electron chi connectivity index (χ2n) is 20.6. The summed E-state index contributed by atoms with van der Waals surface area (Å²) in [5.41, 5.74) is 8.32. The van der Waals surface area contributed by atoms with Gasteiger partial charge < -0.3 is 85.8 Å². The van der Waals surface area contributed by atoms with Gasteiger partial charge in [0.05, 0.1) is 144 Å². The second kappa shape index (κ2) is 38.8. The van der Waals surface area contributed by atoms with E-state index in [2.05, 4.69) is 80.5 Å². The topological polar surface area (TPSA) is 210 Å². The van der Waals surface area contributed by atoms with E-state index in [1.54, 1.807) is 28.4 Å². The van der Waals surface area contributed by atoms with Crippen molar-refractivity contribution in [2.75, 3.05) is 197 Å². The van der Waals surface area contributed by atoms with E-state index in [0.29, 0.717) is 193 Å². The van der Waals surface area contributed by atoms with Crippen molar-refractivity contribution in [3.05, 3.63) is 180 Å². The number of methoxy groups -OCH3 is 4. The van der Waals surface area contributed by atoms with Crippen molar-refractivity contribution in [2.45, 2.75) is 0 Å². The van der Waals surface area contributed by atoms with E-state index < -0.39 is 0 Å². The number of nitrogens with one attached hydrogen (secondary N) is 2. The Morgan fingerprint density at radius 3 is 0.826 bits per heavy atom. The zero-order chi connectivity index (χ0) is 63.6. The fourth-order valence-electron chi connectivity index (χ4n) is 9.77. The van der Waals surface area contributed by atoms with Crippen LogP contribution >= 0.6 is 0 Å². The van der Waals surface area contributed by atoms with Gasteiger partial charge in [-0.1, -0.05) is 24.3 Å². The van der Waals surface area contributed by atoms with E-state index >= 15 is 0 Å². The average Bonchev–Trinajstić information content (AvgIpc) is 1.67. The van der Waals surface area contributed by atoms with Gasteiger partial charge in [0, 0.05) is 62.3 Å². The highest BCUT2D eigenvalue weighted by Crippen LogP contribution is 2.40. The maximum Gasteiger partial charge on any atom is 0.139 e. The highest BCUT2D eigenvalue weighted by atomic mass is 16.6. The quantitative estimate of drug-likeness (QED) is 0.0341. The third kappa shape index (κ3) is 21.0. The molecule has 92 heavy (non-hydrogen) atoms. The first-order chi connectivity index (χ1) is 45.5. The van der Waals surface area contributed by atoms with Gasteiger partial charge in [-0.2, -0.15) is 0 Å². The fraction of sp³-hybridized carbons (Fsp3) is 0.400. The normalized spacial score (nSPS) is 13.6. The van der Waals surface area contributed by atoms with Crippen LogP contribution in [0.25, 0.3) is 11.1 Å². The van der Waals surface area contributed by atoms with Gasteiger partial charge in [-0.05, 0) is 132 Å². The van der Waals surface area contributed by atoms with E-state index in [1.165, 1.54) is 0 Å². The maximum absolute atomic E-state index is 6.15. The molecule has 2 N–H and O–H groups in total. The summed E-state index contributed by atoms with van der Waals surface area (Å²) < 4.78 is 90.0. The number of fused-ring (bicyclic) bond motifs is 6. The van der Waals surface area contributed by atoms with Crippen LogP contribution in [0.4, 0.5) is 23.0 Å². The van der Waals surface area contributed by atoms with Crippen molar-refractivity contribution in [2.24, 2.45) is 9.98 Å². The Hall–Kier alpha value is -7.94. The van der Waals surface area contributed by atoms with Crippen LogP contribution in [0.2, 0.25) is 0 Å². The Bertz CT molecular complexity index is 3080. The molecular weight excluding hydrogens is 1180 g/mol. The molecule has 0 spiro atoms. The number of hydrogen-bond donors (Lipinski definition) is 2. The Morgan fingerprint density at radius 1 is 0.283 bits per heavy atom. The first kappa shape index (κ1) is 68.4. The van der Waals surface area contributed by atoms with Crippen molar-refractivity contribution >= 4 is 45.8 Å². The van der Waals surface area contributed by atoms with Crippen LogP contribution < -0.4 is 28.7 Å². The molecule has 0 saturated heterocycles. The molecule has 0 atom stereocenters. The number of allylic oxidation sites excluding steroid dienone is 2. The van der Waals surface area contributed by atoms with Crippen molar-refractivity contribution < 1.29 is 75.8 Å². The monoisotopic (exact) mass is 1270 g/mol. The molecule has 0 amide bonds. The van der Waals surface area contributed by atoms with Gasteiger partial charge in [0.15, 0.2) is 0 Å². The number of aromatic amines is 2. The summed E-state index contributed by atoms with van der Waals surface area (Å²) in [6.07, 6.45) is 8.18. The van der Waals surface area contributed by atoms with Crippen LogP contribution in [0.3, 0.4) is 0 Å². The Labute approximate surface area is 538 Å². The minimum atomic E-state index is 0.369. The number of nitrogens with zero attached hydrogens (tertiary/aromatic N) is 4. The molecule has 4 aromatic carbocycles. The molecule has 0 fully saturated rings. The number of rotatable bonds is 44. The van der Waals surface area contributed by atoms with Gasteiger partial charge >= 0.3 is 0 Å². The smallest absolute Gasteiger partial charge is 0.139 e. The average molecular weight is 1270 g/mol. The summed E-state index contributed by atoms with van der Waals surface area (Å²) >= 11 is 0. The van der Waals surface area contributed by atoms with Crippen LogP contribution in [-0.2, 0) is 56.8 Å². The minimum Gasteiger partial charge on any atom is -0.491 e. The van der Waals surface area contributed by atoms with E-state index in [-0.39, 0.29) is 0 Å². The number of ether oxygens (including phenoxy) is 16. The number of anilines is 4. The molecule has 0 aliphatic carbocycles. The molecule has 492 valence electrons.